The van der Waals surface area contributed by atoms with E-state index in [4.69, 9.17) is 0 Å². The van der Waals surface area contributed by atoms with Crippen LogP contribution >= 0.6 is 0 Å². The summed E-state index contributed by atoms with van der Waals surface area (Å²) < 4.78 is 0. The minimum absolute atomic E-state index is 0.132. The van der Waals surface area contributed by atoms with Gasteiger partial charge < -0.3 is 5.32 Å². The van der Waals surface area contributed by atoms with E-state index in [2.05, 4.69) is 11.4 Å². The summed E-state index contributed by atoms with van der Waals surface area (Å²) in [5.74, 6) is 0.143. The van der Waals surface area contributed by atoms with Gasteiger partial charge in [-0.2, -0.15) is 5.26 Å². The first-order valence-electron chi connectivity index (χ1n) is 8.01. The summed E-state index contributed by atoms with van der Waals surface area (Å²) in [5.41, 5.74) is 1.03. The molecule has 0 saturated heterocycles. The van der Waals surface area contributed by atoms with E-state index < -0.39 is 5.92 Å². The molecule has 1 aliphatic carbocycles. The van der Waals surface area contributed by atoms with Crippen LogP contribution in [0.2, 0.25) is 0 Å². The van der Waals surface area contributed by atoms with Gasteiger partial charge in [-0.25, -0.2) is 0 Å². The molecule has 0 bridgehead atoms. The lowest BCUT2D eigenvalue weighted by atomic mass is 9.99. The second-order valence-corrected chi connectivity index (χ2v) is 5.96. The van der Waals surface area contributed by atoms with Crippen molar-refractivity contribution in [3.8, 4) is 6.07 Å². The third-order valence-electron chi connectivity index (χ3n) is 4.32. The lowest BCUT2D eigenvalue weighted by Crippen LogP contribution is -2.32. The lowest BCUT2D eigenvalue weighted by molar-refractivity contribution is -0.123. The third-order valence-corrected chi connectivity index (χ3v) is 4.32. The Labute approximate surface area is 127 Å². The first kappa shape index (κ1) is 15.6. The van der Waals surface area contributed by atoms with Gasteiger partial charge in [0.25, 0.3) is 0 Å². The van der Waals surface area contributed by atoms with Gasteiger partial charge in [0.05, 0.1) is 6.07 Å². The van der Waals surface area contributed by atoms with Crippen LogP contribution in [0, 0.1) is 23.2 Å². The molecule has 0 heterocycles. The molecule has 1 unspecified atom stereocenters. The van der Waals surface area contributed by atoms with Gasteiger partial charge in [0.2, 0.25) is 5.91 Å². The van der Waals surface area contributed by atoms with Gasteiger partial charge in [-0.1, -0.05) is 56.0 Å². The van der Waals surface area contributed by atoms with Crippen LogP contribution in [0.1, 0.15) is 44.1 Å². The number of amides is 1. The molecule has 2 rings (SSSR count). The van der Waals surface area contributed by atoms with E-state index in [1.165, 1.54) is 32.1 Å². The first-order valence-corrected chi connectivity index (χ1v) is 8.01. The fourth-order valence-electron chi connectivity index (χ4n) is 3.07. The molecule has 1 amide bonds. The molecule has 0 radical (unpaired) electrons. The Morgan fingerprint density at radius 3 is 2.67 bits per heavy atom. The van der Waals surface area contributed by atoms with Crippen molar-refractivity contribution in [1.29, 1.82) is 5.26 Å². The second-order valence-electron chi connectivity index (χ2n) is 5.96. The molecular weight excluding hydrogens is 260 g/mol. The van der Waals surface area contributed by atoms with Crippen molar-refractivity contribution >= 4 is 5.91 Å². The maximum atomic E-state index is 12.0. The van der Waals surface area contributed by atoms with E-state index in [0.29, 0.717) is 13.0 Å². The molecule has 1 aromatic rings. The highest BCUT2D eigenvalue weighted by atomic mass is 16.1. The van der Waals surface area contributed by atoms with Crippen molar-refractivity contribution in [2.24, 2.45) is 11.8 Å². The maximum absolute atomic E-state index is 12.0. The summed E-state index contributed by atoms with van der Waals surface area (Å²) in [4.78, 5) is 12.0. The van der Waals surface area contributed by atoms with Gasteiger partial charge in [-0.3, -0.25) is 4.79 Å². The number of nitriles is 1. The van der Waals surface area contributed by atoms with Crippen LogP contribution in [-0.4, -0.2) is 12.5 Å². The van der Waals surface area contributed by atoms with Gasteiger partial charge in [0.15, 0.2) is 0 Å². The zero-order chi connectivity index (χ0) is 14.9. The Bertz CT molecular complexity index is 472. The molecule has 1 saturated carbocycles. The molecule has 112 valence electrons. The zero-order valence-electron chi connectivity index (χ0n) is 12.6. The minimum Gasteiger partial charge on any atom is -0.355 e. The lowest BCUT2D eigenvalue weighted by Gasteiger charge is -2.12. The van der Waals surface area contributed by atoms with Crippen molar-refractivity contribution in [1.82, 2.24) is 5.32 Å². The topological polar surface area (TPSA) is 52.9 Å². The van der Waals surface area contributed by atoms with E-state index in [0.717, 1.165) is 17.9 Å². The van der Waals surface area contributed by atoms with E-state index in [9.17, 15) is 10.1 Å². The van der Waals surface area contributed by atoms with Crippen LogP contribution < -0.4 is 5.32 Å². The summed E-state index contributed by atoms with van der Waals surface area (Å²) in [6.07, 6.45) is 8.16. The molecule has 3 nitrogen and oxygen atoms in total. The third kappa shape index (κ3) is 5.23. The number of carbonyl (C=O) groups is 1. The highest BCUT2D eigenvalue weighted by Crippen LogP contribution is 2.28. The fourth-order valence-corrected chi connectivity index (χ4v) is 3.07. The number of hydrogen-bond donors (Lipinski definition) is 1. The monoisotopic (exact) mass is 284 g/mol. The molecule has 0 aliphatic heterocycles. The van der Waals surface area contributed by atoms with Crippen LogP contribution in [0.3, 0.4) is 0 Å². The molecule has 3 heteroatoms. The van der Waals surface area contributed by atoms with E-state index in [1.54, 1.807) is 0 Å². The Morgan fingerprint density at radius 1 is 1.29 bits per heavy atom. The molecule has 1 atom stereocenters. The highest BCUT2D eigenvalue weighted by molar-refractivity contribution is 5.81. The van der Waals surface area contributed by atoms with E-state index in [1.807, 2.05) is 30.3 Å². The number of benzene rings is 1. The Kier molecular flexibility index (Phi) is 6.27. The summed E-state index contributed by atoms with van der Waals surface area (Å²) >= 11 is 0. The summed E-state index contributed by atoms with van der Waals surface area (Å²) in [6, 6.07) is 11.8. The Hall–Kier alpha value is -1.82. The average Bonchev–Trinajstić information content (AvgIpc) is 3.03. The normalized spacial score (nSPS) is 16.3. The highest BCUT2D eigenvalue weighted by Gasteiger charge is 2.18. The van der Waals surface area contributed by atoms with Crippen molar-refractivity contribution < 1.29 is 4.79 Å². The number of nitrogens with zero attached hydrogens (tertiary/aromatic N) is 1. The quantitative estimate of drug-likeness (QED) is 0.780. The van der Waals surface area contributed by atoms with Crippen molar-refractivity contribution in [3.05, 3.63) is 35.9 Å². The molecular formula is C18H24N2O. The second kappa shape index (κ2) is 8.46. The van der Waals surface area contributed by atoms with Gasteiger partial charge >= 0.3 is 0 Å². The molecule has 0 spiro atoms. The average molecular weight is 284 g/mol. The van der Waals surface area contributed by atoms with Crippen molar-refractivity contribution in [2.45, 2.75) is 44.9 Å². The van der Waals surface area contributed by atoms with Crippen molar-refractivity contribution in [3.63, 3.8) is 0 Å². The summed E-state index contributed by atoms with van der Waals surface area (Å²) in [6.45, 7) is 0.697. The number of nitrogens with one attached hydrogen (secondary N) is 1. The predicted molar refractivity (Wildman–Crippen MR) is 83.5 cm³/mol. The number of hydrogen-bond acceptors (Lipinski definition) is 2. The SMILES string of the molecule is N#CC(Cc1ccccc1)C(=O)NCCCC1CCCC1. The van der Waals surface area contributed by atoms with Gasteiger partial charge in [0.1, 0.15) is 5.92 Å². The van der Waals surface area contributed by atoms with Gasteiger partial charge in [-0.05, 0) is 30.7 Å². The molecule has 1 aromatic carbocycles. The molecule has 1 N–H and O–H groups in total. The summed E-state index contributed by atoms with van der Waals surface area (Å²) in [7, 11) is 0. The van der Waals surface area contributed by atoms with Crippen LogP contribution in [0.15, 0.2) is 30.3 Å². The van der Waals surface area contributed by atoms with E-state index >= 15 is 0 Å². The maximum Gasteiger partial charge on any atom is 0.237 e. The standard InChI is InChI=1S/C18H24N2O/c19-14-17(13-16-9-2-1-3-10-16)18(21)20-12-6-11-15-7-4-5-8-15/h1-3,9-10,15,17H,4-8,11-13H2,(H,20,21). The molecule has 1 aliphatic rings. The smallest absolute Gasteiger partial charge is 0.237 e. The van der Waals surface area contributed by atoms with Crippen LogP contribution in [-0.2, 0) is 11.2 Å². The Balaban J connectivity index is 1.69. The van der Waals surface area contributed by atoms with Crippen LogP contribution in [0.25, 0.3) is 0 Å². The largest absolute Gasteiger partial charge is 0.355 e. The molecule has 1 fully saturated rings. The van der Waals surface area contributed by atoms with Gasteiger partial charge in [-0.15, -0.1) is 0 Å². The minimum atomic E-state index is -0.584. The number of carbonyl (C=O) groups excluding carboxylic acids is 1. The number of rotatable bonds is 7. The predicted octanol–water partition coefficient (Wildman–Crippen LogP) is 3.46. The first-order chi connectivity index (χ1) is 10.3. The van der Waals surface area contributed by atoms with Gasteiger partial charge in [0, 0.05) is 6.54 Å². The van der Waals surface area contributed by atoms with Crippen LogP contribution in [0.4, 0.5) is 0 Å². The molecule has 21 heavy (non-hydrogen) atoms. The Morgan fingerprint density at radius 2 is 2.00 bits per heavy atom. The van der Waals surface area contributed by atoms with Crippen LogP contribution in [0.5, 0.6) is 0 Å². The van der Waals surface area contributed by atoms with E-state index in [-0.39, 0.29) is 5.91 Å². The zero-order valence-corrected chi connectivity index (χ0v) is 12.6. The molecule has 0 aromatic heterocycles. The van der Waals surface area contributed by atoms with Crippen molar-refractivity contribution in [2.75, 3.05) is 6.54 Å². The fraction of sp³-hybridized carbons (Fsp3) is 0.556. The summed E-state index contributed by atoms with van der Waals surface area (Å²) in [5, 5.41) is 12.1.